The van der Waals surface area contributed by atoms with Gasteiger partial charge in [-0.1, -0.05) is 55.5 Å². The Kier molecular flexibility index (Phi) is 5.32. The van der Waals surface area contributed by atoms with E-state index in [1.807, 2.05) is 6.07 Å². The predicted molar refractivity (Wildman–Crippen MR) is 159 cm³/mol. The van der Waals surface area contributed by atoms with Crippen LogP contribution < -0.4 is 10.2 Å². The number of para-hydroxylation sites is 2. The van der Waals surface area contributed by atoms with Crippen LogP contribution in [0, 0.1) is 6.92 Å². The number of fused-ring (bicyclic) bond motifs is 4. The summed E-state index contributed by atoms with van der Waals surface area (Å²) in [5.41, 5.74) is 10.3. The molecule has 0 unspecified atom stereocenters. The summed E-state index contributed by atoms with van der Waals surface area (Å²) in [7, 11) is 2.20. The fourth-order valence-electron chi connectivity index (χ4n) is 7.37. The number of Topliss-reactive ketones (excluding diaryl/α,β-unsaturated/α-hetero) is 1. The highest BCUT2D eigenvalue weighted by molar-refractivity contribution is 6.01. The lowest BCUT2D eigenvalue weighted by Crippen LogP contribution is -2.45. The maximum atomic E-state index is 14.1. The van der Waals surface area contributed by atoms with Crippen molar-refractivity contribution in [1.82, 2.24) is 9.55 Å². The van der Waals surface area contributed by atoms with Crippen molar-refractivity contribution in [3.63, 3.8) is 0 Å². The van der Waals surface area contributed by atoms with E-state index in [9.17, 15) is 4.79 Å². The number of hydrogen-bond donors (Lipinski definition) is 1. The van der Waals surface area contributed by atoms with E-state index in [0.717, 1.165) is 46.7 Å². The monoisotopic (exact) mass is 516 g/mol. The first-order chi connectivity index (χ1) is 18.7. The number of aromatic nitrogens is 2. The van der Waals surface area contributed by atoms with E-state index in [-0.39, 0.29) is 23.3 Å². The number of aryl methyl sites for hydroxylation is 1. The van der Waals surface area contributed by atoms with E-state index in [1.54, 1.807) is 0 Å². The highest BCUT2D eigenvalue weighted by atomic mass is 16.1. The first-order valence-electron chi connectivity index (χ1n) is 14.2. The van der Waals surface area contributed by atoms with Gasteiger partial charge in [0.15, 0.2) is 5.78 Å². The third kappa shape index (κ3) is 3.66. The van der Waals surface area contributed by atoms with Crippen LogP contribution >= 0.6 is 0 Å². The Morgan fingerprint density at radius 3 is 2.56 bits per heavy atom. The summed E-state index contributed by atoms with van der Waals surface area (Å²) >= 11 is 0. The molecule has 0 spiro atoms. The number of rotatable bonds is 2. The molecule has 3 aliphatic rings. The molecule has 0 amide bonds. The predicted octanol–water partition coefficient (Wildman–Crippen LogP) is 7.48. The van der Waals surface area contributed by atoms with Gasteiger partial charge in [0.2, 0.25) is 5.95 Å². The Bertz CT molecular complexity index is 1680. The van der Waals surface area contributed by atoms with Crippen molar-refractivity contribution in [1.29, 1.82) is 0 Å². The van der Waals surface area contributed by atoms with E-state index >= 15 is 0 Å². The van der Waals surface area contributed by atoms with Gasteiger partial charge in [-0.2, -0.15) is 0 Å². The molecule has 7 rings (SSSR count). The highest BCUT2D eigenvalue weighted by Gasteiger charge is 2.41. The Morgan fingerprint density at radius 2 is 1.74 bits per heavy atom. The first-order valence-corrected chi connectivity index (χ1v) is 14.2. The molecule has 3 heterocycles. The second-order valence-corrected chi connectivity index (χ2v) is 12.4. The summed E-state index contributed by atoms with van der Waals surface area (Å²) in [6.07, 6.45) is 2.43. The Balaban J connectivity index is 1.41. The Morgan fingerprint density at radius 1 is 0.974 bits per heavy atom. The second kappa shape index (κ2) is 8.57. The third-order valence-corrected chi connectivity index (χ3v) is 9.50. The molecule has 0 saturated heterocycles. The summed E-state index contributed by atoms with van der Waals surface area (Å²) in [6, 6.07) is 23.4. The lowest BCUT2D eigenvalue weighted by Gasteiger charge is -2.46. The highest BCUT2D eigenvalue weighted by Crippen LogP contribution is 2.49. The van der Waals surface area contributed by atoms with Gasteiger partial charge in [0.25, 0.3) is 0 Å². The molecule has 0 saturated carbocycles. The molecule has 1 aromatic heterocycles. The minimum Gasteiger partial charge on any atom is -0.369 e. The van der Waals surface area contributed by atoms with Crippen molar-refractivity contribution in [2.75, 3.05) is 17.3 Å². The fraction of sp³-hybridized carbons (Fsp3) is 0.353. The summed E-state index contributed by atoms with van der Waals surface area (Å²) in [5, 5.41) is 3.63. The Hall–Kier alpha value is -3.86. The molecule has 0 fully saturated rings. The molecule has 3 atom stereocenters. The van der Waals surface area contributed by atoms with Gasteiger partial charge in [-0.25, -0.2) is 4.98 Å². The number of carbonyl (C=O) groups is 1. The van der Waals surface area contributed by atoms with Gasteiger partial charge in [-0.3, -0.25) is 9.36 Å². The van der Waals surface area contributed by atoms with Gasteiger partial charge in [0.05, 0.1) is 17.1 Å². The van der Waals surface area contributed by atoms with Gasteiger partial charge in [0.1, 0.15) is 0 Å². The molecule has 198 valence electrons. The minimum absolute atomic E-state index is 0.107. The van der Waals surface area contributed by atoms with Gasteiger partial charge in [-0.05, 0) is 85.9 Å². The van der Waals surface area contributed by atoms with Crippen LogP contribution in [0.4, 0.5) is 11.6 Å². The molecular weight excluding hydrogens is 480 g/mol. The van der Waals surface area contributed by atoms with Crippen molar-refractivity contribution in [3.8, 4) is 0 Å². The van der Waals surface area contributed by atoms with E-state index in [2.05, 4.69) is 110 Å². The van der Waals surface area contributed by atoms with Crippen molar-refractivity contribution >= 4 is 28.5 Å². The summed E-state index contributed by atoms with van der Waals surface area (Å²) < 4.78 is 2.25. The van der Waals surface area contributed by atoms with Gasteiger partial charge >= 0.3 is 0 Å². The van der Waals surface area contributed by atoms with Gasteiger partial charge in [0, 0.05) is 36.0 Å². The number of allylic oxidation sites excluding steroid dienone is 2. The van der Waals surface area contributed by atoms with Gasteiger partial charge in [-0.15, -0.1) is 0 Å². The molecule has 0 bridgehead atoms. The number of imidazole rings is 1. The standard InChI is InChI=1S/C34H36N4O/c1-20-10-6-7-11-24(20)23-17-27-31(30(39)18-23)32(38-29-13-9-8-12-26(29)35-33(38)36-27)22-14-15-28-25(16-22)21(2)19-34(3,4)37(28)5/h6-16,21,23,32H,17-19H2,1-5H3,(H,35,36)/t21-,23+,32-/m0/s1. The molecule has 0 radical (unpaired) electrons. The molecule has 1 aliphatic carbocycles. The molecule has 5 heteroatoms. The normalized spacial score (nSPS) is 23.8. The molecule has 5 nitrogen and oxygen atoms in total. The number of benzene rings is 3. The zero-order valence-corrected chi connectivity index (χ0v) is 23.5. The number of ketones is 1. The number of anilines is 2. The minimum atomic E-state index is -0.202. The molecule has 39 heavy (non-hydrogen) atoms. The SMILES string of the molecule is Cc1ccccc1[C@H]1CC(=O)C2=C(C1)Nc1nc3ccccc3n1[C@H]2c1ccc2c(c1)[C@@H](C)CC(C)(C)N2C. The van der Waals surface area contributed by atoms with Crippen LogP contribution in [0.5, 0.6) is 0 Å². The van der Waals surface area contributed by atoms with E-state index in [1.165, 1.54) is 22.4 Å². The summed E-state index contributed by atoms with van der Waals surface area (Å²) in [5.74, 6) is 1.66. The van der Waals surface area contributed by atoms with Crippen molar-refractivity contribution in [3.05, 3.63) is 100 Å². The summed E-state index contributed by atoms with van der Waals surface area (Å²) in [6.45, 7) is 9.12. The third-order valence-electron chi connectivity index (χ3n) is 9.50. The zero-order chi connectivity index (χ0) is 27.1. The van der Waals surface area contributed by atoms with Crippen LogP contribution in [-0.4, -0.2) is 27.9 Å². The molecule has 3 aromatic carbocycles. The topological polar surface area (TPSA) is 50.2 Å². The number of carbonyl (C=O) groups excluding carboxylic acids is 1. The van der Waals surface area contributed by atoms with Crippen LogP contribution in [0.2, 0.25) is 0 Å². The van der Waals surface area contributed by atoms with E-state index in [0.29, 0.717) is 12.3 Å². The zero-order valence-electron chi connectivity index (χ0n) is 23.5. The van der Waals surface area contributed by atoms with Crippen LogP contribution in [0.15, 0.2) is 78.0 Å². The maximum absolute atomic E-state index is 14.1. The van der Waals surface area contributed by atoms with Gasteiger partial charge < -0.3 is 10.2 Å². The van der Waals surface area contributed by atoms with Crippen LogP contribution in [0.25, 0.3) is 11.0 Å². The number of nitrogens with one attached hydrogen (secondary N) is 1. The van der Waals surface area contributed by atoms with Crippen molar-refractivity contribution in [2.24, 2.45) is 0 Å². The van der Waals surface area contributed by atoms with E-state index < -0.39 is 0 Å². The molecule has 4 aromatic rings. The fourth-order valence-corrected chi connectivity index (χ4v) is 7.37. The average Bonchev–Trinajstić information content (AvgIpc) is 3.28. The maximum Gasteiger partial charge on any atom is 0.209 e. The molecular formula is C34H36N4O. The quantitative estimate of drug-likeness (QED) is 0.300. The van der Waals surface area contributed by atoms with E-state index in [4.69, 9.17) is 4.98 Å². The van der Waals surface area contributed by atoms with Crippen LogP contribution in [-0.2, 0) is 4.79 Å². The lowest BCUT2D eigenvalue weighted by atomic mass is 9.75. The molecule has 2 aliphatic heterocycles. The first kappa shape index (κ1) is 24.2. The number of nitrogens with zero attached hydrogens (tertiary/aromatic N) is 3. The Labute approximate surface area is 230 Å². The molecule has 1 N–H and O–H groups in total. The van der Waals surface area contributed by atoms with Crippen molar-refractivity contribution < 1.29 is 4.79 Å². The largest absolute Gasteiger partial charge is 0.369 e. The van der Waals surface area contributed by atoms with Crippen molar-refractivity contribution in [2.45, 2.75) is 70.4 Å². The lowest BCUT2D eigenvalue weighted by molar-refractivity contribution is -0.116. The van der Waals surface area contributed by atoms with Crippen LogP contribution in [0.3, 0.4) is 0 Å². The average molecular weight is 517 g/mol. The van der Waals surface area contributed by atoms with Crippen LogP contribution in [0.1, 0.15) is 80.2 Å². The smallest absolute Gasteiger partial charge is 0.209 e. The summed E-state index contributed by atoms with van der Waals surface area (Å²) in [4.78, 5) is 21.5. The number of hydrogen-bond acceptors (Lipinski definition) is 4. The second-order valence-electron chi connectivity index (χ2n) is 12.4.